The summed E-state index contributed by atoms with van der Waals surface area (Å²) < 4.78 is 0. The van der Waals surface area contributed by atoms with Gasteiger partial charge in [-0.2, -0.15) is 0 Å². The minimum atomic E-state index is 0.0595. The van der Waals surface area contributed by atoms with Gasteiger partial charge in [0.25, 0.3) is 0 Å². The van der Waals surface area contributed by atoms with Crippen molar-refractivity contribution < 1.29 is 4.79 Å². The highest BCUT2D eigenvalue weighted by atomic mass is 16.2. The third-order valence-corrected chi connectivity index (χ3v) is 4.80. The van der Waals surface area contributed by atoms with Gasteiger partial charge in [0.2, 0.25) is 5.91 Å². The second kappa shape index (κ2) is 4.64. The fourth-order valence-corrected chi connectivity index (χ4v) is 3.81. The summed E-state index contributed by atoms with van der Waals surface area (Å²) in [7, 11) is 3.72. The molecule has 1 atom stereocenters. The molecule has 1 aromatic carbocycles. The first-order valence-electron chi connectivity index (χ1n) is 7.15. The van der Waals surface area contributed by atoms with Crippen LogP contribution in [0.4, 0.5) is 0 Å². The number of carbonyl (C=O) groups excluding carboxylic acids is 1. The number of nitrogens with zero attached hydrogens (tertiary/aromatic N) is 1. The molecule has 0 bridgehead atoms. The third-order valence-electron chi connectivity index (χ3n) is 4.80. The quantitative estimate of drug-likeness (QED) is 0.834. The number of carbonyl (C=O) groups is 1. The van der Waals surface area contributed by atoms with E-state index in [1.54, 1.807) is 4.90 Å². The van der Waals surface area contributed by atoms with Crippen molar-refractivity contribution >= 4 is 5.91 Å². The van der Waals surface area contributed by atoms with E-state index in [1.807, 2.05) is 14.1 Å². The molecule has 2 aliphatic rings. The summed E-state index contributed by atoms with van der Waals surface area (Å²) in [6, 6.07) is 8.57. The van der Waals surface area contributed by atoms with E-state index in [0.29, 0.717) is 0 Å². The minimum absolute atomic E-state index is 0.0595. The summed E-state index contributed by atoms with van der Waals surface area (Å²) in [5, 5.41) is 3.44. The van der Waals surface area contributed by atoms with Gasteiger partial charge >= 0.3 is 0 Å². The van der Waals surface area contributed by atoms with Crippen LogP contribution in [0.3, 0.4) is 0 Å². The number of hydrogen-bond donors (Lipinski definition) is 1. The van der Waals surface area contributed by atoms with Crippen LogP contribution in [0.5, 0.6) is 0 Å². The number of fused-ring (bicyclic) bond motifs is 2. The van der Waals surface area contributed by atoms with Crippen molar-refractivity contribution in [3.05, 3.63) is 35.4 Å². The lowest BCUT2D eigenvalue weighted by Crippen LogP contribution is -2.39. The molecule has 0 saturated carbocycles. The van der Waals surface area contributed by atoms with Gasteiger partial charge in [-0.1, -0.05) is 24.3 Å². The topological polar surface area (TPSA) is 32.3 Å². The number of rotatable bonds is 1. The summed E-state index contributed by atoms with van der Waals surface area (Å²) in [5.41, 5.74) is 2.93. The van der Waals surface area contributed by atoms with E-state index in [-0.39, 0.29) is 17.2 Å². The highest BCUT2D eigenvalue weighted by Gasteiger charge is 2.46. The van der Waals surface area contributed by atoms with Crippen molar-refractivity contribution in [3.8, 4) is 0 Å². The minimum Gasteiger partial charge on any atom is -0.348 e. The summed E-state index contributed by atoms with van der Waals surface area (Å²) in [6.45, 7) is 2.13. The molecule has 1 amide bonds. The van der Waals surface area contributed by atoms with Crippen LogP contribution in [0.25, 0.3) is 0 Å². The van der Waals surface area contributed by atoms with Gasteiger partial charge in [0.1, 0.15) is 0 Å². The second-order valence-corrected chi connectivity index (χ2v) is 6.11. The zero-order valence-electron chi connectivity index (χ0n) is 11.8. The molecule has 3 nitrogen and oxygen atoms in total. The number of amides is 1. The standard InChI is InChI=1S/C16H22N2O/c1-18(2)15(19)13-11-16(7-9-17-10-8-16)14-6-4-3-5-12(13)14/h3-6,13,17H,7-11H2,1-2H3/t13-/m0/s1. The van der Waals surface area contributed by atoms with Gasteiger partial charge in [-0.15, -0.1) is 0 Å². The Morgan fingerprint density at radius 1 is 1.26 bits per heavy atom. The van der Waals surface area contributed by atoms with Gasteiger partial charge in [-0.3, -0.25) is 4.79 Å². The van der Waals surface area contributed by atoms with Crippen LogP contribution in [-0.4, -0.2) is 38.0 Å². The molecule has 0 unspecified atom stereocenters. The van der Waals surface area contributed by atoms with Crippen LogP contribution < -0.4 is 5.32 Å². The summed E-state index contributed by atoms with van der Waals surface area (Å²) in [4.78, 5) is 14.2. The molecule has 1 heterocycles. The third kappa shape index (κ3) is 1.96. The zero-order chi connectivity index (χ0) is 13.5. The second-order valence-electron chi connectivity index (χ2n) is 6.11. The monoisotopic (exact) mass is 258 g/mol. The number of likely N-dealkylation sites (N-methyl/N-ethyl adjacent to an activating group) is 1. The van der Waals surface area contributed by atoms with Gasteiger partial charge in [0, 0.05) is 14.1 Å². The lowest BCUT2D eigenvalue weighted by atomic mass is 9.74. The lowest BCUT2D eigenvalue weighted by molar-refractivity contribution is -0.130. The maximum Gasteiger partial charge on any atom is 0.229 e. The maximum atomic E-state index is 12.4. The zero-order valence-corrected chi connectivity index (χ0v) is 11.8. The lowest BCUT2D eigenvalue weighted by Gasteiger charge is -2.35. The Bertz CT molecular complexity index is 489. The van der Waals surface area contributed by atoms with Gasteiger partial charge in [-0.25, -0.2) is 0 Å². The van der Waals surface area contributed by atoms with E-state index in [2.05, 4.69) is 29.6 Å². The highest BCUT2D eigenvalue weighted by molar-refractivity contribution is 5.85. The average molecular weight is 258 g/mol. The van der Waals surface area contributed by atoms with E-state index in [9.17, 15) is 4.79 Å². The van der Waals surface area contributed by atoms with Crippen LogP contribution in [0, 0.1) is 0 Å². The average Bonchev–Trinajstić information content (AvgIpc) is 2.74. The Hall–Kier alpha value is -1.35. The fourth-order valence-electron chi connectivity index (χ4n) is 3.81. The molecule has 1 N–H and O–H groups in total. The van der Waals surface area contributed by atoms with E-state index in [0.717, 1.165) is 32.4 Å². The Morgan fingerprint density at radius 2 is 1.95 bits per heavy atom. The Morgan fingerprint density at radius 3 is 2.63 bits per heavy atom. The van der Waals surface area contributed by atoms with Crippen LogP contribution in [0.15, 0.2) is 24.3 Å². The van der Waals surface area contributed by atoms with Crippen molar-refractivity contribution in [3.63, 3.8) is 0 Å². The molecule has 3 rings (SSSR count). The van der Waals surface area contributed by atoms with Crippen LogP contribution in [0.2, 0.25) is 0 Å². The molecule has 1 fully saturated rings. The number of hydrogen-bond acceptors (Lipinski definition) is 2. The normalized spacial score (nSPS) is 24.2. The molecular weight excluding hydrogens is 236 g/mol. The molecule has 102 valence electrons. The molecule has 1 saturated heterocycles. The Labute approximate surface area is 115 Å². The van der Waals surface area contributed by atoms with Crippen molar-refractivity contribution in [2.45, 2.75) is 30.6 Å². The highest BCUT2D eigenvalue weighted by Crippen LogP contribution is 2.51. The van der Waals surface area contributed by atoms with Crippen molar-refractivity contribution in [1.82, 2.24) is 10.2 Å². The SMILES string of the molecule is CN(C)C(=O)[C@H]1CC2(CCNCC2)c2ccccc21. The Balaban J connectivity index is 2.02. The predicted octanol–water partition coefficient (Wildman–Crippen LogP) is 1.88. The molecule has 1 aliphatic carbocycles. The van der Waals surface area contributed by atoms with Crippen LogP contribution in [0.1, 0.15) is 36.3 Å². The molecule has 0 aromatic heterocycles. The van der Waals surface area contributed by atoms with Gasteiger partial charge in [0.15, 0.2) is 0 Å². The fraction of sp³-hybridized carbons (Fsp3) is 0.562. The van der Waals surface area contributed by atoms with Gasteiger partial charge < -0.3 is 10.2 Å². The molecule has 1 aliphatic heterocycles. The van der Waals surface area contributed by atoms with Crippen molar-refractivity contribution in [2.75, 3.05) is 27.2 Å². The van der Waals surface area contributed by atoms with E-state index in [1.165, 1.54) is 11.1 Å². The number of nitrogens with one attached hydrogen (secondary N) is 1. The molecule has 1 aromatic rings. The molecule has 0 radical (unpaired) electrons. The first-order valence-corrected chi connectivity index (χ1v) is 7.15. The first kappa shape index (κ1) is 12.7. The summed E-state index contributed by atoms with van der Waals surface area (Å²) in [5.74, 6) is 0.312. The first-order chi connectivity index (χ1) is 9.14. The van der Waals surface area contributed by atoms with Crippen LogP contribution in [-0.2, 0) is 10.2 Å². The molecular formula is C16H22N2O. The Kier molecular flexibility index (Phi) is 3.09. The van der Waals surface area contributed by atoms with E-state index < -0.39 is 0 Å². The summed E-state index contributed by atoms with van der Waals surface area (Å²) >= 11 is 0. The number of benzene rings is 1. The maximum absolute atomic E-state index is 12.4. The van der Waals surface area contributed by atoms with Crippen molar-refractivity contribution in [1.29, 1.82) is 0 Å². The van der Waals surface area contributed by atoms with E-state index in [4.69, 9.17) is 0 Å². The molecule has 19 heavy (non-hydrogen) atoms. The predicted molar refractivity (Wildman–Crippen MR) is 76.3 cm³/mol. The van der Waals surface area contributed by atoms with Gasteiger partial charge in [-0.05, 0) is 48.9 Å². The largest absolute Gasteiger partial charge is 0.348 e. The van der Waals surface area contributed by atoms with Gasteiger partial charge in [0.05, 0.1) is 5.92 Å². The smallest absolute Gasteiger partial charge is 0.229 e. The van der Waals surface area contributed by atoms with Crippen LogP contribution >= 0.6 is 0 Å². The molecule has 1 spiro atoms. The molecule has 3 heteroatoms. The van der Waals surface area contributed by atoms with Crippen molar-refractivity contribution in [2.24, 2.45) is 0 Å². The van der Waals surface area contributed by atoms with E-state index >= 15 is 0 Å². The summed E-state index contributed by atoms with van der Waals surface area (Å²) in [6.07, 6.45) is 3.30. The number of piperidine rings is 1.